The molecular formula is C16H12Cl2N2O5. The van der Waals surface area contributed by atoms with Gasteiger partial charge in [0, 0.05) is 6.07 Å². The van der Waals surface area contributed by atoms with Gasteiger partial charge < -0.3 is 10.1 Å². The van der Waals surface area contributed by atoms with Gasteiger partial charge in [-0.2, -0.15) is 0 Å². The predicted molar refractivity (Wildman–Crippen MR) is 93.2 cm³/mol. The molecule has 0 aliphatic rings. The van der Waals surface area contributed by atoms with Crippen LogP contribution in [0, 0.1) is 17.0 Å². The van der Waals surface area contributed by atoms with E-state index in [0.29, 0.717) is 10.7 Å². The van der Waals surface area contributed by atoms with Crippen molar-refractivity contribution in [1.82, 2.24) is 0 Å². The fraction of sp³-hybridized carbons (Fsp3) is 0.125. The Labute approximate surface area is 152 Å². The molecule has 1 N–H and O–H groups in total. The SMILES string of the molecule is Cc1ccc(NC(=O)COC(=O)c2ccc(Cl)c([N+](=O)[O-])c2)c(Cl)c1. The van der Waals surface area contributed by atoms with Crippen molar-refractivity contribution in [3.8, 4) is 0 Å². The van der Waals surface area contributed by atoms with Gasteiger partial charge in [-0.1, -0.05) is 29.3 Å². The minimum atomic E-state index is -0.884. The van der Waals surface area contributed by atoms with Crippen molar-refractivity contribution in [2.24, 2.45) is 0 Å². The van der Waals surface area contributed by atoms with E-state index in [2.05, 4.69) is 5.32 Å². The fourth-order valence-corrected chi connectivity index (χ4v) is 2.37. The number of hydrogen-bond donors (Lipinski definition) is 1. The molecule has 0 spiro atoms. The third kappa shape index (κ3) is 4.91. The molecule has 0 atom stereocenters. The van der Waals surface area contributed by atoms with Crippen molar-refractivity contribution in [3.63, 3.8) is 0 Å². The summed E-state index contributed by atoms with van der Waals surface area (Å²) in [5.41, 5.74) is 0.804. The van der Waals surface area contributed by atoms with Crippen molar-refractivity contribution in [2.75, 3.05) is 11.9 Å². The number of carbonyl (C=O) groups excluding carboxylic acids is 2. The number of halogens is 2. The van der Waals surface area contributed by atoms with Gasteiger partial charge in [-0.15, -0.1) is 0 Å². The van der Waals surface area contributed by atoms with Gasteiger partial charge in [0.1, 0.15) is 5.02 Å². The Morgan fingerprint density at radius 3 is 2.52 bits per heavy atom. The second-order valence-corrected chi connectivity index (χ2v) is 5.85. The summed E-state index contributed by atoms with van der Waals surface area (Å²) in [5, 5.41) is 13.6. The molecule has 0 aliphatic heterocycles. The molecule has 0 aromatic heterocycles. The van der Waals surface area contributed by atoms with E-state index >= 15 is 0 Å². The number of nitrogens with one attached hydrogen (secondary N) is 1. The Morgan fingerprint density at radius 1 is 1.16 bits per heavy atom. The number of nitro benzene ring substituents is 1. The number of carbonyl (C=O) groups is 2. The van der Waals surface area contributed by atoms with Crippen molar-refractivity contribution < 1.29 is 19.2 Å². The summed E-state index contributed by atoms with van der Waals surface area (Å²) in [6.45, 7) is 1.28. The molecule has 9 heteroatoms. The number of hydrogen-bond acceptors (Lipinski definition) is 5. The minimum Gasteiger partial charge on any atom is -0.452 e. The number of nitrogens with zero attached hydrogens (tertiary/aromatic N) is 1. The number of ether oxygens (including phenoxy) is 1. The van der Waals surface area contributed by atoms with Crippen LogP contribution in [0.2, 0.25) is 10.0 Å². The normalized spacial score (nSPS) is 10.2. The molecule has 130 valence electrons. The van der Waals surface area contributed by atoms with Crippen LogP contribution in [0.15, 0.2) is 36.4 Å². The molecule has 25 heavy (non-hydrogen) atoms. The Kier molecular flexibility index (Phi) is 5.95. The molecule has 0 aliphatic carbocycles. The largest absolute Gasteiger partial charge is 0.452 e. The fourth-order valence-electron chi connectivity index (χ4n) is 1.90. The van der Waals surface area contributed by atoms with Crippen LogP contribution in [0.4, 0.5) is 11.4 Å². The molecule has 0 radical (unpaired) electrons. The van der Waals surface area contributed by atoms with Crippen molar-refractivity contribution in [1.29, 1.82) is 0 Å². The highest BCUT2D eigenvalue weighted by molar-refractivity contribution is 6.33. The molecule has 0 saturated heterocycles. The van der Waals surface area contributed by atoms with E-state index in [-0.39, 0.29) is 10.6 Å². The zero-order chi connectivity index (χ0) is 18.6. The average Bonchev–Trinajstić information content (AvgIpc) is 2.55. The van der Waals surface area contributed by atoms with Gasteiger partial charge in [-0.05, 0) is 36.8 Å². The Morgan fingerprint density at radius 2 is 1.88 bits per heavy atom. The van der Waals surface area contributed by atoms with Crippen LogP contribution in [0.1, 0.15) is 15.9 Å². The Hall–Kier alpha value is -2.64. The highest BCUT2D eigenvalue weighted by atomic mass is 35.5. The lowest BCUT2D eigenvalue weighted by Gasteiger charge is -2.08. The number of aryl methyl sites for hydroxylation is 1. The molecule has 0 saturated carbocycles. The van der Waals surface area contributed by atoms with E-state index in [1.165, 1.54) is 12.1 Å². The van der Waals surface area contributed by atoms with Crippen molar-refractivity contribution in [2.45, 2.75) is 6.92 Å². The quantitative estimate of drug-likeness (QED) is 0.478. The topological polar surface area (TPSA) is 98.5 Å². The monoisotopic (exact) mass is 382 g/mol. The van der Waals surface area contributed by atoms with Crippen LogP contribution in [-0.4, -0.2) is 23.4 Å². The number of rotatable bonds is 5. The number of esters is 1. The second kappa shape index (κ2) is 7.96. The van der Waals surface area contributed by atoms with E-state index in [9.17, 15) is 19.7 Å². The summed E-state index contributed by atoms with van der Waals surface area (Å²) in [7, 11) is 0. The van der Waals surface area contributed by atoms with E-state index in [1.54, 1.807) is 18.2 Å². The van der Waals surface area contributed by atoms with Gasteiger partial charge in [0.25, 0.3) is 11.6 Å². The van der Waals surface area contributed by atoms with Gasteiger partial charge in [0.15, 0.2) is 6.61 Å². The van der Waals surface area contributed by atoms with Crippen molar-refractivity contribution in [3.05, 3.63) is 67.7 Å². The first-order valence-electron chi connectivity index (χ1n) is 6.95. The molecule has 0 heterocycles. The minimum absolute atomic E-state index is 0.0859. The van der Waals surface area contributed by atoms with E-state index in [4.69, 9.17) is 27.9 Å². The lowest BCUT2D eigenvalue weighted by atomic mass is 10.2. The Balaban J connectivity index is 1.98. The van der Waals surface area contributed by atoms with Crippen LogP contribution < -0.4 is 5.32 Å². The molecule has 0 unspecified atom stereocenters. The zero-order valence-corrected chi connectivity index (χ0v) is 14.4. The van der Waals surface area contributed by atoms with Gasteiger partial charge in [0.05, 0.1) is 21.2 Å². The maximum absolute atomic E-state index is 11.9. The number of benzene rings is 2. The van der Waals surface area contributed by atoms with E-state index in [0.717, 1.165) is 11.6 Å². The van der Waals surface area contributed by atoms with E-state index < -0.39 is 29.1 Å². The van der Waals surface area contributed by atoms with Gasteiger partial charge in [-0.3, -0.25) is 14.9 Å². The molecule has 7 nitrogen and oxygen atoms in total. The maximum Gasteiger partial charge on any atom is 0.338 e. The van der Waals surface area contributed by atoms with Crippen LogP contribution in [0.5, 0.6) is 0 Å². The average molecular weight is 383 g/mol. The van der Waals surface area contributed by atoms with Gasteiger partial charge >= 0.3 is 5.97 Å². The Bertz CT molecular complexity index is 854. The summed E-state index contributed by atoms with van der Waals surface area (Å²) in [4.78, 5) is 33.8. The van der Waals surface area contributed by atoms with Gasteiger partial charge in [0.2, 0.25) is 0 Å². The molecule has 0 bridgehead atoms. The summed E-state index contributed by atoms with van der Waals surface area (Å²) in [5.74, 6) is -1.48. The standard InChI is InChI=1S/C16H12Cl2N2O5/c1-9-2-5-13(12(18)6-9)19-15(21)8-25-16(22)10-3-4-11(17)14(7-10)20(23)24/h2-7H,8H2,1H3,(H,19,21). The third-order valence-electron chi connectivity index (χ3n) is 3.11. The van der Waals surface area contributed by atoms with Crippen molar-refractivity contribution >= 4 is 46.5 Å². The molecular weight excluding hydrogens is 371 g/mol. The predicted octanol–water partition coefficient (Wildman–Crippen LogP) is 4.01. The second-order valence-electron chi connectivity index (χ2n) is 5.03. The maximum atomic E-state index is 11.9. The summed E-state index contributed by atoms with van der Waals surface area (Å²) < 4.78 is 4.84. The zero-order valence-electron chi connectivity index (χ0n) is 12.9. The van der Waals surface area contributed by atoms with Crippen LogP contribution >= 0.6 is 23.2 Å². The highest BCUT2D eigenvalue weighted by Gasteiger charge is 2.18. The molecule has 0 fully saturated rings. The first kappa shape index (κ1) is 18.7. The third-order valence-corrected chi connectivity index (χ3v) is 3.74. The number of nitro groups is 1. The number of amides is 1. The highest BCUT2D eigenvalue weighted by Crippen LogP contribution is 2.25. The molecule has 2 rings (SSSR count). The first-order chi connectivity index (χ1) is 11.8. The summed E-state index contributed by atoms with van der Waals surface area (Å²) >= 11 is 11.7. The van der Waals surface area contributed by atoms with E-state index in [1.807, 2.05) is 6.92 Å². The molecule has 2 aromatic rings. The molecule has 1 amide bonds. The van der Waals surface area contributed by atoms with Crippen LogP contribution in [-0.2, 0) is 9.53 Å². The summed E-state index contributed by atoms with van der Waals surface area (Å²) in [6.07, 6.45) is 0. The first-order valence-corrected chi connectivity index (χ1v) is 7.70. The smallest absolute Gasteiger partial charge is 0.338 e. The molecule has 2 aromatic carbocycles. The number of anilines is 1. The van der Waals surface area contributed by atoms with Gasteiger partial charge in [-0.25, -0.2) is 4.79 Å². The van der Waals surface area contributed by atoms with Crippen LogP contribution in [0.3, 0.4) is 0 Å². The van der Waals surface area contributed by atoms with Crippen LogP contribution in [0.25, 0.3) is 0 Å². The summed E-state index contributed by atoms with van der Waals surface area (Å²) in [6, 6.07) is 8.53. The lowest BCUT2D eigenvalue weighted by molar-refractivity contribution is -0.384. The lowest BCUT2D eigenvalue weighted by Crippen LogP contribution is -2.21.